The summed E-state index contributed by atoms with van der Waals surface area (Å²) >= 11 is 3.46. The van der Waals surface area contributed by atoms with Crippen LogP contribution in [-0.2, 0) is 0 Å². The smallest absolute Gasteiger partial charge is 0.133 e. The van der Waals surface area contributed by atoms with Crippen molar-refractivity contribution in [2.24, 2.45) is 5.92 Å². The molecule has 0 spiro atoms. The van der Waals surface area contributed by atoms with Gasteiger partial charge in [-0.2, -0.15) is 5.26 Å². The summed E-state index contributed by atoms with van der Waals surface area (Å²) in [6.45, 7) is 2.25. The minimum Gasteiger partial charge on any atom is -0.489 e. The molecule has 2 nitrogen and oxygen atoms in total. The maximum absolute atomic E-state index is 8.80. The summed E-state index contributed by atoms with van der Waals surface area (Å²) in [4.78, 5) is 0. The van der Waals surface area contributed by atoms with Gasteiger partial charge in [-0.1, -0.05) is 13.3 Å². The molecule has 1 aliphatic rings. The highest BCUT2D eigenvalue weighted by Crippen LogP contribution is 2.32. The molecule has 3 heteroatoms. The Bertz CT molecular complexity index is 438. The van der Waals surface area contributed by atoms with Crippen LogP contribution in [0.3, 0.4) is 0 Å². The molecule has 1 saturated carbocycles. The van der Waals surface area contributed by atoms with Gasteiger partial charge < -0.3 is 4.74 Å². The maximum Gasteiger partial charge on any atom is 0.133 e. The third-order valence-electron chi connectivity index (χ3n) is 3.37. The minimum atomic E-state index is 0.313. The number of rotatable bonds is 2. The van der Waals surface area contributed by atoms with Crippen molar-refractivity contribution >= 4 is 15.9 Å². The first-order chi connectivity index (χ1) is 8.20. The van der Waals surface area contributed by atoms with Gasteiger partial charge in [0, 0.05) is 0 Å². The molecule has 2 unspecified atom stereocenters. The van der Waals surface area contributed by atoms with Gasteiger partial charge in [-0.15, -0.1) is 0 Å². The van der Waals surface area contributed by atoms with Gasteiger partial charge in [-0.05, 0) is 59.3 Å². The van der Waals surface area contributed by atoms with E-state index in [1.54, 1.807) is 6.07 Å². The lowest BCUT2D eigenvalue weighted by atomic mass is 9.88. The number of hydrogen-bond donors (Lipinski definition) is 0. The molecule has 1 aromatic rings. The second kappa shape index (κ2) is 5.55. The van der Waals surface area contributed by atoms with Crippen LogP contribution >= 0.6 is 15.9 Å². The molecule has 1 aliphatic carbocycles. The normalized spacial score (nSPS) is 24.1. The van der Waals surface area contributed by atoms with Crippen molar-refractivity contribution in [2.75, 3.05) is 0 Å². The highest BCUT2D eigenvalue weighted by atomic mass is 79.9. The van der Waals surface area contributed by atoms with Gasteiger partial charge in [0.25, 0.3) is 0 Å². The van der Waals surface area contributed by atoms with Crippen LogP contribution in [0.2, 0.25) is 0 Å². The van der Waals surface area contributed by atoms with Gasteiger partial charge >= 0.3 is 0 Å². The molecule has 2 rings (SSSR count). The predicted molar refractivity (Wildman–Crippen MR) is 70.9 cm³/mol. The van der Waals surface area contributed by atoms with Crippen molar-refractivity contribution in [2.45, 2.75) is 38.7 Å². The molecular formula is C14H16BrNO. The third kappa shape index (κ3) is 3.01. The van der Waals surface area contributed by atoms with Crippen molar-refractivity contribution in [1.29, 1.82) is 5.26 Å². The first-order valence-electron chi connectivity index (χ1n) is 6.07. The van der Waals surface area contributed by atoms with E-state index >= 15 is 0 Å². The molecule has 0 bridgehead atoms. The van der Waals surface area contributed by atoms with Crippen molar-refractivity contribution in [3.05, 3.63) is 28.2 Å². The van der Waals surface area contributed by atoms with E-state index in [9.17, 15) is 0 Å². The van der Waals surface area contributed by atoms with E-state index in [2.05, 4.69) is 28.9 Å². The number of ether oxygens (including phenoxy) is 1. The summed E-state index contributed by atoms with van der Waals surface area (Å²) in [6.07, 6.45) is 5.26. The van der Waals surface area contributed by atoms with E-state index in [0.29, 0.717) is 17.6 Å². The molecular weight excluding hydrogens is 278 g/mol. The zero-order chi connectivity index (χ0) is 12.3. The van der Waals surface area contributed by atoms with Gasteiger partial charge in [0.1, 0.15) is 11.9 Å². The van der Waals surface area contributed by atoms with E-state index < -0.39 is 0 Å². The van der Waals surface area contributed by atoms with Crippen LogP contribution in [0, 0.1) is 17.2 Å². The van der Waals surface area contributed by atoms with Crippen molar-refractivity contribution in [3.8, 4) is 11.8 Å². The molecule has 0 heterocycles. The highest BCUT2D eigenvalue weighted by molar-refractivity contribution is 9.10. The summed E-state index contributed by atoms with van der Waals surface area (Å²) in [6, 6.07) is 7.61. The van der Waals surface area contributed by atoms with E-state index in [4.69, 9.17) is 10.00 Å². The topological polar surface area (TPSA) is 33.0 Å². The number of nitrogens with zero attached hydrogens (tertiary/aromatic N) is 1. The average molecular weight is 294 g/mol. The standard InChI is InChI=1S/C14H16BrNO/c1-10-4-2-3-5-13(10)17-14-7-6-11(9-16)8-12(14)15/h6-8,10,13H,2-5H2,1H3. The lowest BCUT2D eigenvalue weighted by molar-refractivity contribution is 0.102. The largest absolute Gasteiger partial charge is 0.489 e. The molecule has 0 N–H and O–H groups in total. The molecule has 0 amide bonds. The first kappa shape index (κ1) is 12.4. The SMILES string of the molecule is CC1CCCCC1Oc1ccc(C#N)cc1Br. The fraction of sp³-hybridized carbons (Fsp3) is 0.500. The molecule has 0 aromatic heterocycles. The molecule has 0 saturated heterocycles. The Morgan fingerprint density at radius 3 is 2.76 bits per heavy atom. The van der Waals surface area contributed by atoms with Gasteiger partial charge in [0.2, 0.25) is 0 Å². The minimum absolute atomic E-state index is 0.313. The Morgan fingerprint density at radius 2 is 2.12 bits per heavy atom. The van der Waals surface area contributed by atoms with Gasteiger partial charge in [-0.3, -0.25) is 0 Å². The van der Waals surface area contributed by atoms with Gasteiger partial charge in [0.05, 0.1) is 16.1 Å². The number of benzene rings is 1. The van der Waals surface area contributed by atoms with E-state index in [1.807, 2.05) is 12.1 Å². The fourth-order valence-electron chi connectivity index (χ4n) is 2.29. The van der Waals surface area contributed by atoms with Crippen LogP contribution in [0.4, 0.5) is 0 Å². The van der Waals surface area contributed by atoms with Crippen molar-refractivity contribution in [3.63, 3.8) is 0 Å². The number of hydrogen-bond acceptors (Lipinski definition) is 2. The molecule has 90 valence electrons. The second-order valence-electron chi connectivity index (χ2n) is 4.68. The first-order valence-corrected chi connectivity index (χ1v) is 6.86. The quantitative estimate of drug-likeness (QED) is 0.815. The van der Waals surface area contributed by atoms with E-state index in [-0.39, 0.29) is 0 Å². The Labute approximate surface area is 111 Å². The van der Waals surface area contributed by atoms with Crippen LogP contribution in [-0.4, -0.2) is 6.10 Å². The van der Waals surface area contributed by atoms with Crippen molar-refractivity contribution in [1.82, 2.24) is 0 Å². The Balaban J connectivity index is 2.10. The van der Waals surface area contributed by atoms with E-state index in [0.717, 1.165) is 16.6 Å². The zero-order valence-electron chi connectivity index (χ0n) is 9.95. The number of nitriles is 1. The second-order valence-corrected chi connectivity index (χ2v) is 5.53. The van der Waals surface area contributed by atoms with Gasteiger partial charge in [-0.25, -0.2) is 0 Å². The highest BCUT2D eigenvalue weighted by Gasteiger charge is 2.23. The van der Waals surface area contributed by atoms with E-state index in [1.165, 1.54) is 19.3 Å². The number of halogens is 1. The van der Waals surface area contributed by atoms with Crippen molar-refractivity contribution < 1.29 is 4.74 Å². The van der Waals surface area contributed by atoms with Crippen LogP contribution in [0.25, 0.3) is 0 Å². The molecule has 1 fully saturated rings. The Hall–Kier alpha value is -1.01. The summed E-state index contributed by atoms with van der Waals surface area (Å²) in [5.41, 5.74) is 0.654. The lowest BCUT2D eigenvalue weighted by Gasteiger charge is -2.29. The Morgan fingerprint density at radius 1 is 1.35 bits per heavy atom. The average Bonchev–Trinajstić information content (AvgIpc) is 2.34. The zero-order valence-corrected chi connectivity index (χ0v) is 11.5. The summed E-state index contributed by atoms with van der Waals surface area (Å²) in [5.74, 6) is 1.47. The lowest BCUT2D eigenvalue weighted by Crippen LogP contribution is -2.28. The maximum atomic E-state index is 8.80. The third-order valence-corrected chi connectivity index (χ3v) is 3.99. The molecule has 1 aromatic carbocycles. The van der Waals surface area contributed by atoms with Crippen LogP contribution in [0.5, 0.6) is 5.75 Å². The summed E-state index contributed by atoms with van der Waals surface area (Å²) in [5, 5.41) is 8.80. The molecule has 0 aliphatic heterocycles. The molecule has 2 atom stereocenters. The Kier molecular flexibility index (Phi) is 4.06. The van der Waals surface area contributed by atoms with Gasteiger partial charge in [0.15, 0.2) is 0 Å². The van der Waals surface area contributed by atoms with Crippen LogP contribution < -0.4 is 4.74 Å². The monoisotopic (exact) mass is 293 g/mol. The van der Waals surface area contributed by atoms with Crippen LogP contribution in [0.15, 0.2) is 22.7 Å². The summed E-state index contributed by atoms with van der Waals surface area (Å²) in [7, 11) is 0. The van der Waals surface area contributed by atoms with Crippen LogP contribution in [0.1, 0.15) is 38.2 Å². The predicted octanol–water partition coefficient (Wildman–Crippen LogP) is 4.28. The summed E-state index contributed by atoms with van der Waals surface area (Å²) < 4.78 is 6.91. The molecule has 17 heavy (non-hydrogen) atoms. The molecule has 0 radical (unpaired) electrons. The fourth-order valence-corrected chi connectivity index (χ4v) is 2.76.